The molecule has 2 heterocycles. The number of benzene rings is 2. The predicted octanol–water partition coefficient (Wildman–Crippen LogP) is 3.44. The number of aromatic amines is 1. The minimum absolute atomic E-state index is 0.130. The minimum atomic E-state index is -0.561. The fourth-order valence-corrected chi connectivity index (χ4v) is 2.85. The highest BCUT2D eigenvalue weighted by atomic mass is 19.1. The first-order valence-electron chi connectivity index (χ1n) is 7.90. The smallest absolute Gasteiger partial charge is 0.305 e. The molecule has 0 saturated heterocycles. The maximum Gasteiger partial charge on any atom is 0.305 e. The molecule has 2 amide bonds. The van der Waals surface area contributed by atoms with Crippen molar-refractivity contribution in [3.8, 4) is 0 Å². The van der Waals surface area contributed by atoms with Crippen LogP contribution in [0.1, 0.15) is 26.6 Å². The Labute approximate surface area is 147 Å². The Morgan fingerprint density at radius 1 is 1.04 bits per heavy atom. The predicted molar refractivity (Wildman–Crippen MR) is 94.1 cm³/mol. The number of aromatic nitrogens is 1. The molecule has 2 aromatic carbocycles. The van der Waals surface area contributed by atoms with Crippen LogP contribution in [0.4, 0.5) is 4.39 Å². The van der Waals surface area contributed by atoms with Gasteiger partial charge < -0.3 is 9.40 Å². The van der Waals surface area contributed by atoms with E-state index in [0.29, 0.717) is 22.0 Å². The number of H-pyrrole nitrogens is 1. The molecule has 26 heavy (non-hydrogen) atoms. The molecule has 0 unspecified atom stereocenters. The van der Waals surface area contributed by atoms with E-state index in [1.165, 1.54) is 24.3 Å². The molecule has 0 saturated carbocycles. The van der Waals surface area contributed by atoms with Crippen LogP contribution in [0.15, 0.2) is 52.9 Å². The van der Waals surface area contributed by atoms with Crippen molar-refractivity contribution in [1.82, 2.24) is 15.8 Å². The van der Waals surface area contributed by atoms with Crippen molar-refractivity contribution in [2.24, 2.45) is 0 Å². The van der Waals surface area contributed by atoms with Crippen molar-refractivity contribution in [3.05, 3.63) is 71.4 Å². The summed E-state index contributed by atoms with van der Waals surface area (Å²) in [6.45, 7) is 1.77. The summed E-state index contributed by atoms with van der Waals surface area (Å²) in [5.41, 5.74) is 6.76. The molecule has 0 bridgehead atoms. The fourth-order valence-electron chi connectivity index (χ4n) is 2.85. The number of aryl methyl sites for hydroxylation is 1. The van der Waals surface area contributed by atoms with Gasteiger partial charge in [-0.15, -0.1) is 0 Å². The SMILES string of the molecule is Cc1c(C(=O)NNC(=O)c2cc3cc(F)ccc3[nH]2)oc2ccccc12. The van der Waals surface area contributed by atoms with Crippen LogP contribution in [-0.4, -0.2) is 16.8 Å². The van der Waals surface area contributed by atoms with E-state index in [0.717, 1.165) is 5.39 Å². The Morgan fingerprint density at radius 2 is 1.81 bits per heavy atom. The van der Waals surface area contributed by atoms with Crippen LogP contribution >= 0.6 is 0 Å². The lowest BCUT2D eigenvalue weighted by molar-refractivity contribution is 0.0829. The molecule has 4 rings (SSSR count). The highest BCUT2D eigenvalue weighted by Gasteiger charge is 2.18. The summed E-state index contributed by atoms with van der Waals surface area (Å²) < 4.78 is 18.8. The summed E-state index contributed by atoms with van der Waals surface area (Å²) in [5, 5.41) is 1.40. The third-order valence-electron chi connectivity index (χ3n) is 4.17. The summed E-state index contributed by atoms with van der Waals surface area (Å²) in [7, 11) is 0. The van der Waals surface area contributed by atoms with Gasteiger partial charge in [0.2, 0.25) is 0 Å². The molecule has 0 aliphatic heterocycles. The number of hydrazine groups is 1. The number of nitrogens with one attached hydrogen (secondary N) is 3. The summed E-state index contributed by atoms with van der Waals surface area (Å²) in [5.74, 6) is -1.37. The average molecular weight is 351 g/mol. The lowest BCUT2D eigenvalue weighted by Gasteiger charge is -2.05. The van der Waals surface area contributed by atoms with E-state index in [-0.39, 0.29) is 11.5 Å². The maximum atomic E-state index is 13.2. The van der Waals surface area contributed by atoms with Crippen LogP contribution < -0.4 is 10.9 Å². The van der Waals surface area contributed by atoms with Gasteiger partial charge >= 0.3 is 5.91 Å². The Kier molecular flexibility index (Phi) is 3.69. The normalized spacial score (nSPS) is 11.0. The number of rotatable bonds is 2. The molecular weight excluding hydrogens is 337 g/mol. The van der Waals surface area contributed by atoms with Crippen LogP contribution in [-0.2, 0) is 0 Å². The Morgan fingerprint density at radius 3 is 2.62 bits per heavy atom. The number of carbonyl (C=O) groups excluding carboxylic acids is 2. The monoisotopic (exact) mass is 351 g/mol. The van der Waals surface area contributed by atoms with Gasteiger partial charge in [0.25, 0.3) is 5.91 Å². The highest BCUT2D eigenvalue weighted by Crippen LogP contribution is 2.24. The molecular formula is C19H14FN3O3. The zero-order valence-corrected chi connectivity index (χ0v) is 13.7. The van der Waals surface area contributed by atoms with Gasteiger partial charge in [0.15, 0.2) is 5.76 Å². The van der Waals surface area contributed by atoms with Crippen molar-refractivity contribution in [2.75, 3.05) is 0 Å². The Bertz CT molecular complexity index is 1160. The van der Waals surface area contributed by atoms with Crippen LogP contribution in [0.2, 0.25) is 0 Å². The van der Waals surface area contributed by atoms with Gasteiger partial charge in [-0.05, 0) is 37.3 Å². The topological polar surface area (TPSA) is 87.1 Å². The third-order valence-corrected chi connectivity index (χ3v) is 4.17. The van der Waals surface area contributed by atoms with Crippen molar-refractivity contribution < 1.29 is 18.4 Å². The molecule has 0 radical (unpaired) electrons. The average Bonchev–Trinajstić information content (AvgIpc) is 3.21. The Hall–Kier alpha value is -3.61. The van der Waals surface area contributed by atoms with Crippen LogP contribution in [0, 0.1) is 12.7 Å². The van der Waals surface area contributed by atoms with Gasteiger partial charge in [-0.3, -0.25) is 20.4 Å². The number of hydrogen-bond donors (Lipinski definition) is 3. The molecule has 0 fully saturated rings. The third kappa shape index (κ3) is 2.69. The van der Waals surface area contributed by atoms with Crippen molar-refractivity contribution in [2.45, 2.75) is 6.92 Å². The first kappa shape index (κ1) is 15.9. The number of carbonyl (C=O) groups is 2. The van der Waals surface area contributed by atoms with Gasteiger partial charge in [-0.2, -0.15) is 0 Å². The standard InChI is InChI=1S/C19H14FN3O3/c1-10-13-4-2-3-5-16(13)26-17(10)19(25)23-22-18(24)15-9-11-8-12(20)6-7-14(11)21-15/h2-9,21H,1H3,(H,22,24)(H,23,25). The minimum Gasteiger partial charge on any atom is -0.451 e. The summed E-state index contributed by atoms with van der Waals surface area (Å²) >= 11 is 0. The van der Waals surface area contributed by atoms with E-state index >= 15 is 0 Å². The molecule has 0 atom stereocenters. The van der Waals surface area contributed by atoms with Crippen molar-refractivity contribution in [3.63, 3.8) is 0 Å². The van der Waals surface area contributed by atoms with Gasteiger partial charge in [0.05, 0.1) is 0 Å². The molecule has 2 aromatic heterocycles. The summed E-state index contributed by atoms with van der Waals surface area (Å²) in [4.78, 5) is 27.4. The molecule has 130 valence electrons. The van der Waals surface area contributed by atoms with E-state index in [1.54, 1.807) is 13.0 Å². The number of furan rings is 1. The molecule has 3 N–H and O–H groups in total. The number of halogens is 1. The van der Waals surface area contributed by atoms with E-state index in [4.69, 9.17) is 4.42 Å². The van der Waals surface area contributed by atoms with Gasteiger partial charge in [-0.25, -0.2) is 4.39 Å². The maximum absolute atomic E-state index is 13.2. The molecule has 0 aliphatic carbocycles. The zero-order valence-electron chi connectivity index (χ0n) is 13.7. The first-order chi connectivity index (χ1) is 12.5. The summed E-state index contributed by atoms with van der Waals surface area (Å²) in [6, 6.07) is 12.9. The van der Waals surface area contributed by atoms with E-state index < -0.39 is 17.6 Å². The van der Waals surface area contributed by atoms with Crippen LogP contribution in [0.25, 0.3) is 21.9 Å². The van der Waals surface area contributed by atoms with Crippen molar-refractivity contribution >= 4 is 33.7 Å². The number of para-hydroxylation sites is 1. The first-order valence-corrected chi connectivity index (χ1v) is 7.90. The molecule has 4 aromatic rings. The molecule has 7 heteroatoms. The Balaban J connectivity index is 1.50. The largest absolute Gasteiger partial charge is 0.451 e. The number of hydrogen-bond acceptors (Lipinski definition) is 3. The number of amides is 2. The van der Waals surface area contributed by atoms with E-state index in [2.05, 4.69) is 15.8 Å². The zero-order chi connectivity index (χ0) is 18.3. The van der Waals surface area contributed by atoms with Crippen molar-refractivity contribution in [1.29, 1.82) is 0 Å². The van der Waals surface area contributed by atoms with Gasteiger partial charge in [-0.1, -0.05) is 18.2 Å². The van der Waals surface area contributed by atoms with Crippen LogP contribution in [0.5, 0.6) is 0 Å². The van der Waals surface area contributed by atoms with E-state index in [9.17, 15) is 14.0 Å². The lowest BCUT2D eigenvalue weighted by atomic mass is 10.1. The molecule has 0 spiro atoms. The second kappa shape index (κ2) is 6.03. The van der Waals surface area contributed by atoms with Crippen LogP contribution in [0.3, 0.4) is 0 Å². The van der Waals surface area contributed by atoms with Gasteiger partial charge in [0, 0.05) is 21.9 Å². The second-order valence-corrected chi connectivity index (χ2v) is 5.88. The molecule has 0 aliphatic rings. The molecule has 6 nitrogen and oxygen atoms in total. The fraction of sp³-hybridized carbons (Fsp3) is 0.0526. The summed E-state index contributed by atoms with van der Waals surface area (Å²) in [6.07, 6.45) is 0. The second-order valence-electron chi connectivity index (χ2n) is 5.88. The quantitative estimate of drug-likeness (QED) is 0.484. The van der Waals surface area contributed by atoms with Gasteiger partial charge in [0.1, 0.15) is 17.1 Å². The number of fused-ring (bicyclic) bond motifs is 2. The highest BCUT2D eigenvalue weighted by molar-refractivity contribution is 6.02. The van der Waals surface area contributed by atoms with E-state index in [1.807, 2.05) is 18.2 Å². The lowest BCUT2D eigenvalue weighted by Crippen LogP contribution is -2.41.